The number of carbonyl (C=O) groups excluding carboxylic acids is 1. The lowest BCUT2D eigenvalue weighted by molar-refractivity contribution is -0.385. The summed E-state index contributed by atoms with van der Waals surface area (Å²) in [5, 5.41) is 13.2. The topological polar surface area (TPSA) is 98.0 Å². The summed E-state index contributed by atoms with van der Waals surface area (Å²) in [4.78, 5) is 29.7. The molecule has 9 heteroatoms. The Bertz CT molecular complexity index is 736. The molecule has 0 spiro atoms. The highest BCUT2D eigenvalue weighted by Gasteiger charge is 2.16. The average Bonchev–Trinajstić information content (AvgIpc) is 2.43. The molecule has 0 radical (unpaired) electrons. The quantitative estimate of drug-likeness (QED) is 0.530. The Labute approximate surface area is 129 Å². The zero-order valence-corrected chi connectivity index (χ0v) is 12.1. The van der Waals surface area contributed by atoms with E-state index in [0.717, 1.165) is 6.33 Å². The molecule has 2 aromatic rings. The number of nitrogens with zero attached hydrogens (tertiary/aromatic N) is 3. The second-order valence-electron chi connectivity index (χ2n) is 4.04. The first kappa shape index (κ1) is 15.1. The van der Waals surface area contributed by atoms with Crippen molar-refractivity contribution >= 4 is 40.6 Å². The molecule has 1 N–H and O–H groups in total. The predicted molar refractivity (Wildman–Crippen MR) is 77.8 cm³/mol. The van der Waals surface area contributed by atoms with E-state index in [4.69, 9.17) is 23.2 Å². The van der Waals surface area contributed by atoms with Crippen LogP contribution in [-0.2, 0) is 0 Å². The second kappa shape index (κ2) is 6.02. The van der Waals surface area contributed by atoms with Gasteiger partial charge in [-0.1, -0.05) is 23.2 Å². The molecule has 1 amide bonds. The molecular weight excluding hydrogens is 319 g/mol. The van der Waals surface area contributed by atoms with Gasteiger partial charge in [-0.05, 0) is 19.1 Å². The lowest BCUT2D eigenvalue weighted by Crippen LogP contribution is -2.14. The standard InChI is InChI=1S/C12H8Cl2N4O3/c1-6-4-7(2-3-8(6)18(20)21)12(19)17-11-9(13)10(14)15-5-16-11/h2-5H,1H3,(H,15,16,17,19). The SMILES string of the molecule is Cc1cc(C(=O)Nc2ncnc(Cl)c2Cl)ccc1[N+](=O)[O-]. The van der Waals surface area contributed by atoms with Gasteiger partial charge in [-0.15, -0.1) is 0 Å². The largest absolute Gasteiger partial charge is 0.305 e. The monoisotopic (exact) mass is 326 g/mol. The number of amides is 1. The summed E-state index contributed by atoms with van der Waals surface area (Å²) in [6.45, 7) is 1.55. The highest BCUT2D eigenvalue weighted by atomic mass is 35.5. The highest BCUT2D eigenvalue weighted by Crippen LogP contribution is 2.26. The highest BCUT2D eigenvalue weighted by molar-refractivity contribution is 6.43. The number of hydrogen-bond acceptors (Lipinski definition) is 5. The third kappa shape index (κ3) is 3.26. The molecule has 0 aliphatic rings. The van der Waals surface area contributed by atoms with E-state index in [9.17, 15) is 14.9 Å². The van der Waals surface area contributed by atoms with Crippen molar-refractivity contribution in [1.29, 1.82) is 0 Å². The summed E-state index contributed by atoms with van der Waals surface area (Å²) < 4.78 is 0. The van der Waals surface area contributed by atoms with E-state index >= 15 is 0 Å². The van der Waals surface area contributed by atoms with Crippen molar-refractivity contribution in [3.05, 3.63) is 55.9 Å². The lowest BCUT2D eigenvalue weighted by Gasteiger charge is -2.07. The van der Waals surface area contributed by atoms with Crippen molar-refractivity contribution in [3.63, 3.8) is 0 Å². The van der Waals surface area contributed by atoms with Crippen molar-refractivity contribution in [3.8, 4) is 0 Å². The third-order valence-corrected chi connectivity index (χ3v) is 3.38. The van der Waals surface area contributed by atoms with Gasteiger partial charge in [-0.2, -0.15) is 0 Å². The predicted octanol–water partition coefficient (Wildman–Crippen LogP) is 3.25. The number of rotatable bonds is 3. The zero-order chi connectivity index (χ0) is 15.6. The minimum atomic E-state index is -0.516. The molecule has 7 nitrogen and oxygen atoms in total. The minimum absolute atomic E-state index is 0.0156. The number of nitro groups is 1. The van der Waals surface area contributed by atoms with Crippen molar-refractivity contribution in [2.24, 2.45) is 0 Å². The van der Waals surface area contributed by atoms with E-state index in [-0.39, 0.29) is 27.2 Å². The molecule has 1 aromatic carbocycles. The van der Waals surface area contributed by atoms with Gasteiger partial charge in [0.25, 0.3) is 11.6 Å². The molecule has 0 atom stereocenters. The fraction of sp³-hybridized carbons (Fsp3) is 0.0833. The number of carbonyl (C=O) groups is 1. The number of halogens is 2. The fourth-order valence-electron chi connectivity index (χ4n) is 1.62. The summed E-state index contributed by atoms with van der Waals surface area (Å²) >= 11 is 11.6. The zero-order valence-electron chi connectivity index (χ0n) is 10.6. The Kier molecular flexibility index (Phi) is 4.35. The van der Waals surface area contributed by atoms with Crippen molar-refractivity contribution in [2.45, 2.75) is 6.92 Å². The van der Waals surface area contributed by atoms with Crippen LogP contribution in [0.25, 0.3) is 0 Å². The van der Waals surface area contributed by atoms with Crippen LogP contribution in [0.2, 0.25) is 10.2 Å². The van der Waals surface area contributed by atoms with Crippen LogP contribution in [0.5, 0.6) is 0 Å². The number of benzene rings is 1. The molecule has 1 heterocycles. The van der Waals surface area contributed by atoms with Crippen molar-refractivity contribution in [1.82, 2.24) is 9.97 Å². The summed E-state index contributed by atoms with van der Waals surface area (Å²) in [5.74, 6) is -0.442. The molecule has 0 saturated heterocycles. The Morgan fingerprint density at radius 2 is 2.05 bits per heavy atom. The van der Waals surface area contributed by atoms with E-state index < -0.39 is 10.8 Å². The smallest absolute Gasteiger partial charge is 0.272 e. The van der Waals surface area contributed by atoms with Gasteiger partial charge in [-0.25, -0.2) is 9.97 Å². The van der Waals surface area contributed by atoms with Gasteiger partial charge in [0.1, 0.15) is 11.3 Å². The molecule has 0 unspecified atom stereocenters. The van der Waals surface area contributed by atoms with Gasteiger partial charge in [-0.3, -0.25) is 14.9 Å². The maximum atomic E-state index is 12.1. The van der Waals surface area contributed by atoms with E-state index in [2.05, 4.69) is 15.3 Å². The maximum Gasteiger partial charge on any atom is 0.272 e. The first-order chi connectivity index (χ1) is 9.90. The normalized spacial score (nSPS) is 10.2. The molecule has 1 aromatic heterocycles. The number of aromatic nitrogens is 2. The average molecular weight is 327 g/mol. The molecule has 108 valence electrons. The molecule has 0 aliphatic carbocycles. The first-order valence-corrected chi connectivity index (χ1v) is 6.38. The van der Waals surface area contributed by atoms with Gasteiger partial charge < -0.3 is 5.32 Å². The first-order valence-electron chi connectivity index (χ1n) is 5.62. The Morgan fingerprint density at radius 3 is 2.67 bits per heavy atom. The van der Waals surface area contributed by atoms with Crippen LogP contribution in [0.4, 0.5) is 11.5 Å². The number of nitrogens with one attached hydrogen (secondary N) is 1. The van der Waals surface area contributed by atoms with Crippen molar-refractivity contribution in [2.75, 3.05) is 5.32 Å². The van der Waals surface area contributed by atoms with E-state index in [1.165, 1.54) is 18.2 Å². The van der Waals surface area contributed by atoms with Gasteiger partial charge in [0, 0.05) is 17.2 Å². The van der Waals surface area contributed by atoms with Crippen LogP contribution in [-0.4, -0.2) is 20.8 Å². The summed E-state index contributed by atoms with van der Waals surface area (Å²) in [7, 11) is 0. The number of nitro benzene ring substituents is 1. The summed E-state index contributed by atoms with van der Waals surface area (Å²) in [5.41, 5.74) is 0.554. The number of hydrogen-bond donors (Lipinski definition) is 1. The Balaban J connectivity index is 2.27. The van der Waals surface area contributed by atoms with Crippen LogP contribution in [0.15, 0.2) is 24.5 Å². The van der Waals surface area contributed by atoms with Crippen LogP contribution >= 0.6 is 23.2 Å². The number of anilines is 1. The molecule has 0 fully saturated rings. The van der Waals surface area contributed by atoms with Crippen molar-refractivity contribution < 1.29 is 9.72 Å². The molecule has 21 heavy (non-hydrogen) atoms. The van der Waals surface area contributed by atoms with Crippen LogP contribution in [0, 0.1) is 17.0 Å². The molecule has 0 aliphatic heterocycles. The fourth-order valence-corrected chi connectivity index (χ4v) is 1.89. The Hall–Kier alpha value is -2.25. The maximum absolute atomic E-state index is 12.1. The summed E-state index contributed by atoms with van der Waals surface area (Å²) in [6.07, 6.45) is 1.16. The number of aryl methyl sites for hydroxylation is 1. The molecule has 0 saturated carbocycles. The van der Waals surface area contributed by atoms with E-state index in [0.29, 0.717) is 5.56 Å². The molecular formula is C12H8Cl2N4O3. The van der Waals surface area contributed by atoms with Crippen LogP contribution < -0.4 is 5.32 Å². The van der Waals surface area contributed by atoms with Gasteiger partial charge in [0.05, 0.1) is 4.92 Å². The molecule has 2 rings (SSSR count). The van der Waals surface area contributed by atoms with E-state index in [1.54, 1.807) is 6.92 Å². The summed E-state index contributed by atoms with van der Waals surface area (Å²) in [6, 6.07) is 4.01. The van der Waals surface area contributed by atoms with E-state index in [1.807, 2.05) is 0 Å². The molecule has 0 bridgehead atoms. The minimum Gasteiger partial charge on any atom is -0.305 e. The van der Waals surface area contributed by atoms with Gasteiger partial charge >= 0.3 is 0 Å². The second-order valence-corrected chi connectivity index (χ2v) is 4.78. The lowest BCUT2D eigenvalue weighted by atomic mass is 10.1. The third-order valence-electron chi connectivity index (χ3n) is 2.63. The van der Waals surface area contributed by atoms with Crippen LogP contribution in [0.3, 0.4) is 0 Å². The Morgan fingerprint density at radius 1 is 1.33 bits per heavy atom. The van der Waals surface area contributed by atoms with Gasteiger partial charge in [0.15, 0.2) is 11.0 Å². The van der Waals surface area contributed by atoms with Crippen LogP contribution in [0.1, 0.15) is 15.9 Å². The van der Waals surface area contributed by atoms with Gasteiger partial charge in [0.2, 0.25) is 0 Å².